The lowest BCUT2D eigenvalue weighted by Crippen LogP contribution is -2.32. The summed E-state index contributed by atoms with van der Waals surface area (Å²) in [6.45, 7) is 2.55. The molecule has 140 valence electrons. The van der Waals surface area contributed by atoms with Crippen molar-refractivity contribution < 1.29 is 0 Å². The Bertz CT molecular complexity index is 1190. The van der Waals surface area contributed by atoms with Crippen LogP contribution < -0.4 is 5.69 Å². The maximum atomic E-state index is 13.5. The molecule has 0 spiro atoms. The van der Waals surface area contributed by atoms with Gasteiger partial charge < -0.3 is 4.98 Å². The third-order valence-corrected chi connectivity index (χ3v) is 6.71. The number of H-pyrrole nitrogens is 1. The van der Waals surface area contributed by atoms with Gasteiger partial charge in [-0.25, -0.2) is 9.78 Å². The van der Waals surface area contributed by atoms with Crippen LogP contribution in [0.4, 0.5) is 0 Å². The number of aromatic amines is 1. The minimum Gasteiger partial charge on any atom is -0.346 e. The van der Waals surface area contributed by atoms with Crippen molar-refractivity contribution in [3.05, 3.63) is 39.0 Å². The van der Waals surface area contributed by atoms with E-state index in [4.69, 9.17) is 11.6 Å². The summed E-state index contributed by atoms with van der Waals surface area (Å²) in [4.78, 5) is 21.2. The van der Waals surface area contributed by atoms with Crippen LogP contribution in [0.15, 0.2) is 23.3 Å². The Balaban J connectivity index is 1.79. The Kier molecular flexibility index (Phi) is 4.05. The number of imidazole rings is 1. The summed E-state index contributed by atoms with van der Waals surface area (Å²) in [6.07, 6.45) is 8.19. The van der Waals surface area contributed by atoms with E-state index in [-0.39, 0.29) is 11.7 Å². The van der Waals surface area contributed by atoms with Crippen molar-refractivity contribution in [2.45, 2.75) is 45.2 Å². The highest BCUT2D eigenvalue weighted by Crippen LogP contribution is 2.36. The van der Waals surface area contributed by atoms with E-state index in [0.717, 1.165) is 52.9 Å². The van der Waals surface area contributed by atoms with E-state index in [1.54, 1.807) is 10.8 Å². The highest BCUT2D eigenvalue weighted by atomic mass is 35.5. The first-order valence-corrected chi connectivity index (χ1v) is 10.3. The van der Waals surface area contributed by atoms with E-state index in [0.29, 0.717) is 22.5 Å². The summed E-state index contributed by atoms with van der Waals surface area (Å²) in [7, 11) is 0. The van der Waals surface area contributed by atoms with E-state index >= 15 is 0 Å². The topological polar surface area (TPSA) is 81.4 Å². The third kappa shape index (κ3) is 2.62. The van der Waals surface area contributed by atoms with Crippen LogP contribution in [0.1, 0.15) is 44.3 Å². The number of nitrogens with zero attached hydrogens (tertiary/aromatic N) is 5. The molecule has 2 atom stereocenters. The predicted molar refractivity (Wildman–Crippen MR) is 107 cm³/mol. The van der Waals surface area contributed by atoms with Gasteiger partial charge in [0.1, 0.15) is 15.7 Å². The quantitative estimate of drug-likeness (QED) is 0.561. The van der Waals surface area contributed by atoms with E-state index in [2.05, 4.69) is 26.5 Å². The average molecular weight is 403 g/mol. The van der Waals surface area contributed by atoms with Crippen LogP contribution in [0.25, 0.3) is 22.1 Å². The molecule has 0 bridgehead atoms. The first-order valence-electron chi connectivity index (χ1n) is 9.18. The number of hydrogen-bond acceptors (Lipinski definition) is 5. The minimum atomic E-state index is -0.0247. The van der Waals surface area contributed by atoms with Crippen molar-refractivity contribution in [3.8, 4) is 0 Å². The maximum absolute atomic E-state index is 13.5. The second-order valence-corrected chi connectivity index (χ2v) is 8.65. The molecule has 1 aliphatic rings. The fourth-order valence-corrected chi connectivity index (χ4v) is 4.96. The monoisotopic (exact) mass is 402 g/mol. The van der Waals surface area contributed by atoms with Crippen molar-refractivity contribution in [3.63, 3.8) is 0 Å². The Morgan fingerprint density at radius 1 is 1.37 bits per heavy atom. The number of halogens is 1. The van der Waals surface area contributed by atoms with E-state index in [1.165, 1.54) is 6.42 Å². The third-order valence-electron chi connectivity index (χ3n) is 5.72. The molecule has 4 aromatic rings. The van der Waals surface area contributed by atoms with Crippen LogP contribution in [0.5, 0.6) is 0 Å². The van der Waals surface area contributed by atoms with Gasteiger partial charge in [0.15, 0.2) is 0 Å². The smallest absolute Gasteiger partial charge is 0.329 e. The Morgan fingerprint density at radius 2 is 2.22 bits per heavy atom. The molecule has 4 heterocycles. The molecule has 9 heteroatoms. The number of nitrogens with one attached hydrogen (secondary N) is 1. The molecule has 1 fully saturated rings. The van der Waals surface area contributed by atoms with Gasteiger partial charge in [-0.1, -0.05) is 35.9 Å². The average Bonchev–Trinajstić information content (AvgIpc) is 3.35. The van der Waals surface area contributed by atoms with Crippen LogP contribution in [-0.2, 0) is 6.54 Å². The molecule has 0 amide bonds. The first-order chi connectivity index (χ1) is 13.1. The van der Waals surface area contributed by atoms with E-state index in [9.17, 15) is 4.79 Å². The normalized spacial score (nSPS) is 20.7. The minimum absolute atomic E-state index is 0.0247. The van der Waals surface area contributed by atoms with Gasteiger partial charge in [-0.05, 0) is 24.8 Å². The fourth-order valence-electron chi connectivity index (χ4n) is 4.34. The number of aromatic nitrogens is 6. The van der Waals surface area contributed by atoms with Crippen molar-refractivity contribution in [1.29, 1.82) is 0 Å². The fraction of sp³-hybridized carbons (Fsp3) is 0.444. The highest BCUT2D eigenvalue weighted by Gasteiger charge is 2.29. The molecule has 4 aromatic heterocycles. The zero-order valence-electron chi connectivity index (χ0n) is 14.9. The summed E-state index contributed by atoms with van der Waals surface area (Å²) in [5.74, 6) is 0.460. The van der Waals surface area contributed by atoms with Crippen molar-refractivity contribution in [2.24, 2.45) is 5.92 Å². The molecule has 0 radical (unpaired) electrons. The van der Waals surface area contributed by atoms with Crippen LogP contribution in [0.2, 0.25) is 4.34 Å². The number of pyridine rings is 1. The van der Waals surface area contributed by atoms with Gasteiger partial charge in [0.25, 0.3) is 0 Å². The number of fused-ring (bicyclic) bond motifs is 3. The Labute approximate surface area is 164 Å². The molecule has 0 aromatic carbocycles. The van der Waals surface area contributed by atoms with Gasteiger partial charge in [0.2, 0.25) is 0 Å². The highest BCUT2D eigenvalue weighted by molar-refractivity contribution is 7.10. The van der Waals surface area contributed by atoms with Crippen molar-refractivity contribution in [2.75, 3.05) is 0 Å². The van der Waals surface area contributed by atoms with Gasteiger partial charge in [-0.2, -0.15) is 0 Å². The molecule has 7 nitrogen and oxygen atoms in total. The lowest BCUT2D eigenvalue weighted by atomic mass is 9.85. The second kappa shape index (κ2) is 6.45. The number of hydrogen-bond donors (Lipinski definition) is 1. The van der Waals surface area contributed by atoms with Gasteiger partial charge >= 0.3 is 5.69 Å². The summed E-state index contributed by atoms with van der Waals surface area (Å²) in [5, 5.41) is 5.06. The van der Waals surface area contributed by atoms with Crippen LogP contribution in [0, 0.1) is 5.92 Å². The van der Waals surface area contributed by atoms with Crippen LogP contribution in [-0.4, -0.2) is 28.7 Å². The predicted octanol–water partition coefficient (Wildman–Crippen LogP) is 3.98. The summed E-state index contributed by atoms with van der Waals surface area (Å²) < 4.78 is 8.14. The Morgan fingerprint density at radius 3 is 3.00 bits per heavy atom. The van der Waals surface area contributed by atoms with Gasteiger partial charge in [-0.3, -0.25) is 9.13 Å². The summed E-state index contributed by atoms with van der Waals surface area (Å²) >= 11 is 7.34. The molecular formula is C18H19ClN6OS. The molecule has 1 saturated carbocycles. The second-order valence-electron chi connectivity index (χ2n) is 7.29. The summed E-state index contributed by atoms with van der Waals surface area (Å²) in [6, 6.07) is 2.19. The molecule has 5 rings (SSSR count). The molecule has 1 N–H and O–H groups in total. The Hall–Kier alpha value is -2.19. The molecule has 0 saturated heterocycles. The zero-order chi connectivity index (χ0) is 18.5. The molecular weight excluding hydrogens is 384 g/mol. The van der Waals surface area contributed by atoms with Gasteiger partial charge in [0.05, 0.1) is 23.8 Å². The van der Waals surface area contributed by atoms with Crippen LogP contribution >= 0.6 is 23.1 Å². The standard InChI is InChI=1S/C18H19ClN6OS/c1-10-4-2-3-5-13(10)25-15-11-6-7-20-17(11)21-8-14(15)24(18(25)26)9-12-16(19)27-23-22-12/h6-8,10,13H,2-5,9H2,1H3,(H,20,21)/t10-,13+/m1/s1. The zero-order valence-corrected chi connectivity index (χ0v) is 16.4. The van der Waals surface area contributed by atoms with Crippen molar-refractivity contribution >= 4 is 45.2 Å². The van der Waals surface area contributed by atoms with Gasteiger partial charge in [0, 0.05) is 29.2 Å². The largest absolute Gasteiger partial charge is 0.346 e. The lowest BCUT2D eigenvalue weighted by molar-refractivity contribution is 0.256. The molecule has 0 unspecified atom stereocenters. The van der Waals surface area contributed by atoms with Crippen molar-refractivity contribution in [1.82, 2.24) is 28.7 Å². The molecule has 0 aliphatic heterocycles. The lowest BCUT2D eigenvalue weighted by Gasteiger charge is -2.29. The SMILES string of the molecule is C[C@@H]1CCCC[C@@H]1n1c(=O)n(Cc2nnsc2Cl)c2cnc3[nH]ccc3c21. The van der Waals surface area contributed by atoms with Crippen LogP contribution in [0.3, 0.4) is 0 Å². The van der Waals surface area contributed by atoms with E-state index < -0.39 is 0 Å². The summed E-state index contributed by atoms with van der Waals surface area (Å²) in [5.41, 5.74) is 3.15. The molecule has 27 heavy (non-hydrogen) atoms. The number of rotatable bonds is 3. The first kappa shape index (κ1) is 16.9. The maximum Gasteiger partial charge on any atom is 0.329 e. The van der Waals surface area contributed by atoms with Gasteiger partial charge in [-0.15, -0.1) is 5.10 Å². The van der Waals surface area contributed by atoms with E-state index in [1.807, 2.05) is 16.8 Å². The molecule has 1 aliphatic carbocycles.